The number of hydrogen-bond acceptors (Lipinski definition) is 5. The van der Waals surface area contributed by atoms with Gasteiger partial charge >= 0.3 is 6.03 Å². The molecule has 0 radical (unpaired) electrons. The number of amides is 2. The average Bonchev–Trinajstić information content (AvgIpc) is 3.26. The molecule has 2 amide bonds. The summed E-state index contributed by atoms with van der Waals surface area (Å²) in [7, 11) is 0. The first-order valence-corrected chi connectivity index (χ1v) is 10.1. The molecule has 2 aliphatic heterocycles. The van der Waals surface area contributed by atoms with Gasteiger partial charge in [0, 0.05) is 56.0 Å². The highest BCUT2D eigenvalue weighted by atomic mass is 35.5. The van der Waals surface area contributed by atoms with Crippen molar-refractivity contribution in [3.05, 3.63) is 41.2 Å². The van der Waals surface area contributed by atoms with E-state index in [1.54, 1.807) is 12.4 Å². The van der Waals surface area contributed by atoms with E-state index in [0.717, 1.165) is 43.4 Å². The van der Waals surface area contributed by atoms with E-state index in [4.69, 9.17) is 11.6 Å². The molecule has 3 heterocycles. The Bertz CT molecular complexity index is 846. The Labute approximate surface area is 170 Å². The summed E-state index contributed by atoms with van der Waals surface area (Å²) in [4.78, 5) is 27.8. The summed E-state index contributed by atoms with van der Waals surface area (Å²) in [6.45, 7) is 6.86. The summed E-state index contributed by atoms with van der Waals surface area (Å²) < 4.78 is 0. The van der Waals surface area contributed by atoms with Crippen LogP contribution in [-0.4, -0.2) is 60.2 Å². The predicted octanol–water partition coefficient (Wildman–Crippen LogP) is 3.39. The predicted molar refractivity (Wildman–Crippen MR) is 112 cm³/mol. The highest BCUT2D eigenvalue weighted by molar-refractivity contribution is 6.31. The van der Waals surface area contributed by atoms with Gasteiger partial charge in [0.1, 0.15) is 18.0 Å². The molecule has 8 heteroatoms. The maximum atomic E-state index is 12.6. The fourth-order valence-corrected chi connectivity index (χ4v) is 3.82. The van der Waals surface area contributed by atoms with E-state index >= 15 is 0 Å². The van der Waals surface area contributed by atoms with E-state index in [9.17, 15) is 4.79 Å². The van der Waals surface area contributed by atoms with Crippen LogP contribution >= 0.6 is 11.6 Å². The van der Waals surface area contributed by atoms with Crippen LogP contribution < -0.4 is 15.1 Å². The highest BCUT2D eigenvalue weighted by Gasteiger charge is 2.23. The Morgan fingerprint density at radius 1 is 0.964 bits per heavy atom. The number of nitrogens with one attached hydrogen (secondary N) is 1. The number of piperazine rings is 1. The summed E-state index contributed by atoms with van der Waals surface area (Å²) in [5.41, 5.74) is 1.71. The maximum absolute atomic E-state index is 12.6. The van der Waals surface area contributed by atoms with Gasteiger partial charge < -0.3 is 20.0 Å². The molecule has 0 unspecified atom stereocenters. The summed E-state index contributed by atoms with van der Waals surface area (Å²) in [5, 5.41) is 3.59. The van der Waals surface area contributed by atoms with Crippen LogP contribution in [0.4, 0.5) is 22.1 Å². The van der Waals surface area contributed by atoms with Crippen LogP contribution in [0.5, 0.6) is 0 Å². The summed E-state index contributed by atoms with van der Waals surface area (Å²) in [6, 6.07) is 7.53. The molecular weight excluding hydrogens is 376 g/mol. The molecule has 2 fully saturated rings. The van der Waals surface area contributed by atoms with Crippen molar-refractivity contribution in [2.24, 2.45) is 0 Å². The number of benzene rings is 1. The van der Waals surface area contributed by atoms with Crippen molar-refractivity contribution in [1.82, 2.24) is 14.9 Å². The molecule has 0 atom stereocenters. The van der Waals surface area contributed by atoms with Crippen molar-refractivity contribution in [3.63, 3.8) is 0 Å². The number of hydrogen-bond donors (Lipinski definition) is 1. The Morgan fingerprint density at radius 2 is 1.61 bits per heavy atom. The van der Waals surface area contributed by atoms with E-state index in [-0.39, 0.29) is 6.03 Å². The van der Waals surface area contributed by atoms with Crippen molar-refractivity contribution in [3.8, 4) is 0 Å². The Morgan fingerprint density at radius 3 is 2.25 bits per heavy atom. The van der Waals surface area contributed by atoms with Gasteiger partial charge in [-0.25, -0.2) is 14.8 Å². The van der Waals surface area contributed by atoms with Gasteiger partial charge in [0.05, 0.1) is 0 Å². The van der Waals surface area contributed by atoms with Crippen molar-refractivity contribution >= 4 is 35.0 Å². The molecule has 0 bridgehead atoms. The van der Waals surface area contributed by atoms with Crippen LogP contribution in [-0.2, 0) is 0 Å². The van der Waals surface area contributed by atoms with Gasteiger partial charge in [-0.15, -0.1) is 0 Å². The van der Waals surface area contributed by atoms with Crippen LogP contribution in [0, 0.1) is 6.92 Å². The number of urea groups is 1. The standard InChI is InChI=1S/C20H25ClN6O/c1-15-4-5-16(12-17(15)21)24-20(28)27-10-8-26(9-11-27)19-13-18(22-14-23-19)25-6-2-3-7-25/h4-5,12-14H,2-3,6-11H2,1H3,(H,24,28). The zero-order chi connectivity index (χ0) is 19.5. The van der Waals surface area contributed by atoms with Crippen LogP contribution in [0.25, 0.3) is 0 Å². The van der Waals surface area contributed by atoms with Gasteiger partial charge in [0.15, 0.2) is 0 Å². The molecule has 2 saturated heterocycles. The fourth-order valence-electron chi connectivity index (χ4n) is 3.64. The Kier molecular flexibility index (Phi) is 5.52. The lowest BCUT2D eigenvalue weighted by Crippen LogP contribution is -2.50. The first-order valence-electron chi connectivity index (χ1n) is 9.74. The Balaban J connectivity index is 1.34. The lowest BCUT2D eigenvalue weighted by Gasteiger charge is -2.35. The molecule has 2 aliphatic rings. The molecule has 7 nitrogen and oxygen atoms in total. The third-order valence-corrected chi connectivity index (χ3v) is 5.79. The van der Waals surface area contributed by atoms with E-state index in [1.807, 2.05) is 24.0 Å². The van der Waals surface area contributed by atoms with Crippen molar-refractivity contribution in [2.75, 3.05) is 54.4 Å². The number of aromatic nitrogens is 2. The SMILES string of the molecule is Cc1ccc(NC(=O)N2CCN(c3cc(N4CCCC4)ncn3)CC2)cc1Cl. The van der Waals surface area contributed by atoms with E-state index in [2.05, 4.69) is 31.2 Å². The number of anilines is 3. The molecule has 1 aromatic heterocycles. The minimum absolute atomic E-state index is 0.0972. The number of carbonyl (C=O) groups is 1. The molecule has 2 aromatic rings. The van der Waals surface area contributed by atoms with Crippen LogP contribution in [0.15, 0.2) is 30.6 Å². The van der Waals surface area contributed by atoms with Crippen molar-refractivity contribution in [1.29, 1.82) is 0 Å². The maximum Gasteiger partial charge on any atom is 0.321 e. The number of aryl methyl sites for hydroxylation is 1. The van der Waals surface area contributed by atoms with Crippen LogP contribution in [0.1, 0.15) is 18.4 Å². The summed E-state index contributed by atoms with van der Waals surface area (Å²) >= 11 is 6.14. The molecular formula is C20H25ClN6O. The third kappa shape index (κ3) is 4.14. The van der Waals surface area contributed by atoms with Gasteiger partial charge in [-0.2, -0.15) is 0 Å². The number of nitrogens with zero attached hydrogens (tertiary/aromatic N) is 5. The first kappa shape index (κ1) is 18.8. The quantitative estimate of drug-likeness (QED) is 0.855. The average molecular weight is 401 g/mol. The summed E-state index contributed by atoms with van der Waals surface area (Å²) in [6.07, 6.45) is 4.09. The Hall–Kier alpha value is -2.54. The van der Waals surface area contributed by atoms with E-state index in [0.29, 0.717) is 23.8 Å². The lowest BCUT2D eigenvalue weighted by atomic mass is 10.2. The minimum atomic E-state index is -0.0972. The number of halogens is 1. The van der Waals surface area contributed by atoms with Gasteiger partial charge in [0.25, 0.3) is 0 Å². The molecule has 4 rings (SSSR count). The van der Waals surface area contributed by atoms with E-state index in [1.165, 1.54) is 12.8 Å². The summed E-state index contributed by atoms with van der Waals surface area (Å²) in [5.74, 6) is 1.93. The monoisotopic (exact) mass is 400 g/mol. The molecule has 0 aliphatic carbocycles. The zero-order valence-electron chi connectivity index (χ0n) is 16.1. The van der Waals surface area contributed by atoms with Gasteiger partial charge in [-0.05, 0) is 37.5 Å². The second kappa shape index (κ2) is 8.22. The van der Waals surface area contributed by atoms with Crippen molar-refractivity contribution in [2.45, 2.75) is 19.8 Å². The second-order valence-corrected chi connectivity index (χ2v) is 7.70. The molecule has 0 saturated carbocycles. The van der Waals surface area contributed by atoms with Crippen LogP contribution in [0.2, 0.25) is 5.02 Å². The minimum Gasteiger partial charge on any atom is -0.356 e. The van der Waals surface area contributed by atoms with Crippen molar-refractivity contribution < 1.29 is 4.79 Å². The molecule has 0 spiro atoms. The number of carbonyl (C=O) groups excluding carboxylic acids is 1. The lowest BCUT2D eigenvalue weighted by molar-refractivity contribution is 0.208. The second-order valence-electron chi connectivity index (χ2n) is 7.30. The third-order valence-electron chi connectivity index (χ3n) is 5.38. The highest BCUT2D eigenvalue weighted by Crippen LogP contribution is 2.23. The number of rotatable bonds is 3. The van der Waals surface area contributed by atoms with Crippen LogP contribution in [0.3, 0.4) is 0 Å². The van der Waals surface area contributed by atoms with Gasteiger partial charge in [-0.3, -0.25) is 0 Å². The molecule has 1 N–H and O–H groups in total. The first-order chi connectivity index (χ1) is 13.6. The molecule has 28 heavy (non-hydrogen) atoms. The fraction of sp³-hybridized carbons (Fsp3) is 0.450. The molecule has 148 valence electrons. The molecule has 1 aromatic carbocycles. The zero-order valence-corrected chi connectivity index (χ0v) is 16.8. The van der Waals surface area contributed by atoms with E-state index < -0.39 is 0 Å². The topological polar surface area (TPSA) is 64.6 Å². The normalized spacial score (nSPS) is 17.1. The van der Waals surface area contributed by atoms with Gasteiger partial charge in [-0.1, -0.05) is 17.7 Å². The smallest absolute Gasteiger partial charge is 0.321 e. The largest absolute Gasteiger partial charge is 0.356 e. The van der Waals surface area contributed by atoms with Gasteiger partial charge in [0.2, 0.25) is 0 Å².